The Morgan fingerprint density at radius 2 is 2.00 bits per heavy atom. The largest absolute Gasteiger partial charge is 0.384 e. The van der Waals surface area contributed by atoms with Gasteiger partial charge in [0, 0.05) is 19.1 Å². The van der Waals surface area contributed by atoms with E-state index in [-0.39, 0.29) is 11.2 Å². The zero-order chi connectivity index (χ0) is 13.5. The van der Waals surface area contributed by atoms with Gasteiger partial charge in [0.05, 0.1) is 12.4 Å². The molecule has 2 N–H and O–H groups in total. The first-order valence-electron chi connectivity index (χ1n) is 6.71. The van der Waals surface area contributed by atoms with Gasteiger partial charge in [-0.2, -0.15) is 0 Å². The summed E-state index contributed by atoms with van der Waals surface area (Å²) >= 11 is 0. The molecule has 0 aromatic carbocycles. The molecule has 108 valence electrons. The summed E-state index contributed by atoms with van der Waals surface area (Å²) in [4.78, 5) is 0. The minimum absolute atomic E-state index is 0.0424. The first-order chi connectivity index (χ1) is 8.54. The third kappa shape index (κ3) is 5.22. The van der Waals surface area contributed by atoms with Crippen LogP contribution in [0.5, 0.6) is 0 Å². The monoisotopic (exact) mass is 278 g/mol. The fraction of sp³-hybridized carbons (Fsp3) is 1.00. The molecule has 6 heteroatoms. The lowest BCUT2D eigenvalue weighted by Gasteiger charge is -2.37. The van der Waals surface area contributed by atoms with Crippen molar-refractivity contribution in [1.82, 2.24) is 10.0 Å². The van der Waals surface area contributed by atoms with Crippen LogP contribution in [0.15, 0.2) is 0 Å². The number of rotatable bonds is 8. The van der Waals surface area contributed by atoms with Gasteiger partial charge in [-0.05, 0) is 32.4 Å². The standard InChI is InChI=1S/C12H26N2O3S/c1-3-4-9-18(15,16)14-10-12(11-17-2)5-7-13-8-6-12/h13-14H,3-11H2,1-2H3. The van der Waals surface area contributed by atoms with Crippen molar-refractivity contribution in [2.24, 2.45) is 5.41 Å². The molecule has 1 aliphatic heterocycles. The van der Waals surface area contributed by atoms with Crippen LogP contribution in [0.4, 0.5) is 0 Å². The third-order valence-electron chi connectivity index (χ3n) is 3.55. The van der Waals surface area contributed by atoms with E-state index in [0.29, 0.717) is 19.6 Å². The normalized spacial score (nSPS) is 19.9. The second-order valence-electron chi connectivity index (χ2n) is 5.18. The minimum Gasteiger partial charge on any atom is -0.384 e. The Hall–Kier alpha value is -0.170. The summed E-state index contributed by atoms with van der Waals surface area (Å²) in [6.45, 7) is 4.97. The smallest absolute Gasteiger partial charge is 0.211 e. The minimum atomic E-state index is -3.13. The molecule has 1 fully saturated rings. The maximum atomic E-state index is 11.8. The molecule has 0 amide bonds. The molecule has 1 aliphatic rings. The van der Waals surface area contributed by atoms with E-state index < -0.39 is 10.0 Å². The number of unbranched alkanes of at least 4 members (excludes halogenated alkanes) is 1. The van der Waals surface area contributed by atoms with Crippen LogP contribution in [0.2, 0.25) is 0 Å². The van der Waals surface area contributed by atoms with Gasteiger partial charge in [0.1, 0.15) is 0 Å². The van der Waals surface area contributed by atoms with Gasteiger partial charge < -0.3 is 10.1 Å². The number of sulfonamides is 1. The molecule has 1 rings (SSSR count). The van der Waals surface area contributed by atoms with E-state index in [1.165, 1.54) is 0 Å². The van der Waals surface area contributed by atoms with Crippen molar-refractivity contribution in [3.05, 3.63) is 0 Å². The van der Waals surface area contributed by atoms with Crippen molar-refractivity contribution in [2.45, 2.75) is 32.6 Å². The van der Waals surface area contributed by atoms with E-state index in [1.54, 1.807) is 7.11 Å². The van der Waals surface area contributed by atoms with E-state index >= 15 is 0 Å². The van der Waals surface area contributed by atoms with Crippen molar-refractivity contribution in [3.8, 4) is 0 Å². The lowest BCUT2D eigenvalue weighted by molar-refractivity contribution is 0.0577. The number of ether oxygens (including phenoxy) is 1. The van der Waals surface area contributed by atoms with Crippen LogP contribution in [-0.2, 0) is 14.8 Å². The van der Waals surface area contributed by atoms with E-state index in [9.17, 15) is 8.42 Å². The molecule has 18 heavy (non-hydrogen) atoms. The average molecular weight is 278 g/mol. The Labute approximate surface area is 111 Å². The van der Waals surface area contributed by atoms with Gasteiger partial charge in [0.2, 0.25) is 10.0 Å². The fourth-order valence-corrected chi connectivity index (χ4v) is 3.64. The van der Waals surface area contributed by atoms with Gasteiger partial charge in [-0.15, -0.1) is 0 Å². The van der Waals surface area contributed by atoms with Crippen molar-refractivity contribution in [1.29, 1.82) is 0 Å². The number of piperidine rings is 1. The van der Waals surface area contributed by atoms with Gasteiger partial charge in [0.25, 0.3) is 0 Å². The Morgan fingerprint density at radius 1 is 1.33 bits per heavy atom. The summed E-state index contributed by atoms with van der Waals surface area (Å²) in [6, 6.07) is 0. The number of methoxy groups -OCH3 is 1. The molecule has 0 aromatic heterocycles. The van der Waals surface area contributed by atoms with Crippen LogP contribution in [0.25, 0.3) is 0 Å². The summed E-state index contributed by atoms with van der Waals surface area (Å²) < 4.78 is 31.6. The molecule has 1 heterocycles. The van der Waals surface area contributed by atoms with E-state index in [1.807, 2.05) is 6.92 Å². The highest BCUT2D eigenvalue weighted by Crippen LogP contribution is 2.28. The number of nitrogens with one attached hydrogen (secondary N) is 2. The summed E-state index contributed by atoms with van der Waals surface area (Å²) in [5, 5.41) is 3.30. The van der Waals surface area contributed by atoms with Gasteiger partial charge in [-0.25, -0.2) is 13.1 Å². The third-order valence-corrected chi connectivity index (χ3v) is 4.96. The van der Waals surface area contributed by atoms with Crippen LogP contribution in [0.3, 0.4) is 0 Å². The van der Waals surface area contributed by atoms with Gasteiger partial charge in [-0.1, -0.05) is 13.3 Å². The summed E-state index contributed by atoms with van der Waals surface area (Å²) in [5.41, 5.74) is -0.0424. The number of hydrogen-bond acceptors (Lipinski definition) is 4. The predicted molar refractivity (Wildman–Crippen MR) is 73.1 cm³/mol. The van der Waals surface area contributed by atoms with E-state index in [0.717, 1.165) is 32.4 Å². The van der Waals surface area contributed by atoms with Crippen LogP contribution in [-0.4, -0.2) is 47.5 Å². The van der Waals surface area contributed by atoms with Crippen LogP contribution >= 0.6 is 0 Å². The first kappa shape index (κ1) is 15.9. The topological polar surface area (TPSA) is 67.4 Å². The van der Waals surface area contributed by atoms with E-state index in [4.69, 9.17) is 4.74 Å². The summed E-state index contributed by atoms with van der Waals surface area (Å²) in [5.74, 6) is 0.227. The molecule has 0 aromatic rings. The Balaban J connectivity index is 2.51. The Morgan fingerprint density at radius 3 is 2.56 bits per heavy atom. The molecule has 0 aliphatic carbocycles. The lowest BCUT2D eigenvalue weighted by atomic mass is 9.80. The number of hydrogen-bond donors (Lipinski definition) is 2. The highest BCUT2D eigenvalue weighted by molar-refractivity contribution is 7.89. The molecule has 0 bridgehead atoms. The molecule has 0 unspecified atom stereocenters. The molecular weight excluding hydrogens is 252 g/mol. The maximum absolute atomic E-state index is 11.8. The van der Waals surface area contributed by atoms with Crippen molar-refractivity contribution in [2.75, 3.05) is 39.1 Å². The molecule has 0 saturated carbocycles. The second-order valence-corrected chi connectivity index (χ2v) is 7.10. The maximum Gasteiger partial charge on any atom is 0.211 e. The van der Waals surface area contributed by atoms with Crippen LogP contribution in [0.1, 0.15) is 32.6 Å². The van der Waals surface area contributed by atoms with Crippen LogP contribution < -0.4 is 10.0 Å². The zero-order valence-corrected chi connectivity index (χ0v) is 12.3. The van der Waals surface area contributed by atoms with Gasteiger partial charge in [0.15, 0.2) is 0 Å². The Kier molecular flexibility index (Phi) is 6.55. The highest BCUT2D eigenvalue weighted by Gasteiger charge is 2.33. The quantitative estimate of drug-likeness (QED) is 0.686. The molecule has 0 atom stereocenters. The van der Waals surface area contributed by atoms with Crippen molar-refractivity contribution < 1.29 is 13.2 Å². The molecule has 5 nitrogen and oxygen atoms in total. The lowest BCUT2D eigenvalue weighted by Crippen LogP contribution is -2.47. The highest BCUT2D eigenvalue weighted by atomic mass is 32.2. The summed E-state index contributed by atoms with van der Waals surface area (Å²) in [6.07, 6.45) is 3.52. The Bertz CT molecular complexity index is 319. The molecule has 0 spiro atoms. The summed E-state index contributed by atoms with van der Waals surface area (Å²) in [7, 11) is -1.45. The fourth-order valence-electron chi connectivity index (χ4n) is 2.31. The van der Waals surface area contributed by atoms with Crippen molar-refractivity contribution >= 4 is 10.0 Å². The second kappa shape index (κ2) is 7.43. The SMILES string of the molecule is CCCCS(=O)(=O)NCC1(COC)CCNCC1. The predicted octanol–water partition coefficient (Wildman–Crippen LogP) is 0.722. The first-order valence-corrected chi connectivity index (χ1v) is 8.36. The van der Waals surface area contributed by atoms with Crippen LogP contribution in [0, 0.1) is 5.41 Å². The van der Waals surface area contributed by atoms with Gasteiger partial charge >= 0.3 is 0 Å². The van der Waals surface area contributed by atoms with Crippen molar-refractivity contribution in [3.63, 3.8) is 0 Å². The molecular formula is C12H26N2O3S. The zero-order valence-electron chi connectivity index (χ0n) is 11.5. The average Bonchev–Trinajstić information content (AvgIpc) is 2.36. The molecule has 0 radical (unpaired) electrons. The van der Waals surface area contributed by atoms with Gasteiger partial charge in [-0.3, -0.25) is 0 Å². The molecule has 1 saturated heterocycles. The van der Waals surface area contributed by atoms with E-state index in [2.05, 4.69) is 10.0 Å².